The number of methoxy groups -OCH3 is 1. The summed E-state index contributed by atoms with van der Waals surface area (Å²) in [7, 11) is 1.71. The molecule has 2 spiro atoms. The van der Waals surface area contributed by atoms with Crippen LogP contribution in [0.2, 0.25) is 0 Å². The number of aromatic nitrogens is 4. The number of nitrogens with one attached hydrogen (secondary N) is 1. The number of alkyl halides is 3. The summed E-state index contributed by atoms with van der Waals surface area (Å²) in [5.74, 6) is -0.180. The highest BCUT2D eigenvalue weighted by Gasteiger charge is 2.49. The second-order valence-corrected chi connectivity index (χ2v) is 16.6. The molecule has 2 aromatic heterocycles. The predicted octanol–water partition coefficient (Wildman–Crippen LogP) is 6.37. The Morgan fingerprint density at radius 3 is 2.40 bits per heavy atom. The summed E-state index contributed by atoms with van der Waals surface area (Å²) >= 11 is 0. The van der Waals surface area contributed by atoms with Gasteiger partial charge in [-0.05, 0) is 73.8 Å². The summed E-state index contributed by atoms with van der Waals surface area (Å²) in [4.78, 5) is 31.0. The molecule has 1 N–H and O–H groups in total. The van der Waals surface area contributed by atoms with Crippen LogP contribution >= 0.6 is 0 Å². The summed E-state index contributed by atoms with van der Waals surface area (Å²) in [5, 5.41) is 8.80. The zero-order valence-electron chi connectivity index (χ0n) is 31.3. The Kier molecular flexibility index (Phi) is 8.76. The number of amides is 1. The number of halogens is 4. The average Bonchev–Trinajstić information content (AvgIpc) is 3.69. The fourth-order valence-corrected chi connectivity index (χ4v) is 9.57. The van der Waals surface area contributed by atoms with Gasteiger partial charge in [-0.3, -0.25) is 14.8 Å². The number of anilines is 2. The lowest BCUT2D eigenvalue weighted by Crippen LogP contribution is -2.62. The molecule has 0 radical (unpaired) electrons. The lowest BCUT2D eigenvalue weighted by Gasteiger charge is -2.54. The van der Waals surface area contributed by atoms with Crippen LogP contribution in [0.3, 0.4) is 0 Å². The number of aryl methyl sites for hydroxylation is 1. The van der Waals surface area contributed by atoms with Crippen molar-refractivity contribution >= 4 is 39.5 Å². The second-order valence-electron chi connectivity index (χ2n) is 16.6. The number of carbonyl (C=O) groups excluding carboxylic acids is 1. The van der Waals surface area contributed by atoms with Gasteiger partial charge in [-0.2, -0.15) is 23.3 Å². The Labute approximate surface area is 316 Å². The highest BCUT2D eigenvalue weighted by Crippen LogP contribution is 2.54. The molecule has 4 saturated heterocycles. The van der Waals surface area contributed by atoms with E-state index in [-0.39, 0.29) is 22.5 Å². The van der Waals surface area contributed by atoms with Gasteiger partial charge < -0.3 is 24.2 Å². The molecule has 292 valence electrons. The molecule has 55 heavy (non-hydrogen) atoms. The maximum absolute atomic E-state index is 14.1. The number of piperidine rings is 1. The van der Waals surface area contributed by atoms with E-state index >= 15 is 0 Å². The number of likely N-dealkylation sites (tertiary alicyclic amines) is 2. The van der Waals surface area contributed by atoms with Crippen LogP contribution in [-0.2, 0) is 9.53 Å². The standard InChI is InChI=1S/C40H46F4N8O3/c1-24-4-7-30-29(17-45-48-30)31(24)32-27(26-5-6-26)16-28-33(34(32)55-23-40(42,43)44)46-37(51-13-10-39(22-51)18-49(19-39)14-15-54-3)47-35(28)50-11-8-38(9-12-50)20-52(21-38)36(53)25(2)41/h4,7,16-17,26H,2,5-6,8-15,18-23H2,1,3H3,(H,45,48). The number of H-pyrrole nitrogens is 1. The van der Waals surface area contributed by atoms with E-state index in [1.54, 1.807) is 13.3 Å². The number of benzene rings is 2. The summed E-state index contributed by atoms with van der Waals surface area (Å²) in [6.45, 7) is 10.8. The number of hydrogen-bond donors (Lipinski definition) is 1. The molecule has 9 rings (SSSR count). The van der Waals surface area contributed by atoms with Gasteiger partial charge in [-0.1, -0.05) is 12.6 Å². The number of hydrogen-bond acceptors (Lipinski definition) is 9. The maximum atomic E-state index is 14.1. The highest BCUT2D eigenvalue weighted by atomic mass is 19.4. The Morgan fingerprint density at radius 2 is 1.71 bits per heavy atom. The molecule has 1 aliphatic carbocycles. The van der Waals surface area contributed by atoms with Crippen molar-refractivity contribution in [3.8, 4) is 16.9 Å². The fourth-order valence-electron chi connectivity index (χ4n) is 9.57. The Morgan fingerprint density at radius 1 is 0.982 bits per heavy atom. The Bertz CT molecular complexity index is 2160. The largest absolute Gasteiger partial charge is 0.481 e. The maximum Gasteiger partial charge on any atom is 0.422 e. The van der Waals surface area contributed by atoms with Gasteiger partial charge in [0, 0.05) is 93.2 Å². The van der Waals surface area contributed by atoms with Gasteiger partial charge in [0.15, 0.2) is 18.2 Å². The van der Waals surface area contributed by atoms with E-state index in [4.69, 9.17) is 19.4 Å². The monoisotopic (exact) mass is 762 g/mol. The molecule has 4 aliphatic heterocycles. The van der Waals surface area contributed by atoms with Crippen LogP contribution < -0.4 is 14.5 Å². The van der Waals surface area contributed by atoms with Crippen molar-refractivity contribution in [1.29, 1.82) is 0 Å². The summed E-state index contributed by atoms with van der Waals surface area (Å²) in [6, 6.07) is 6.00. The number of ether oxygens (including phenoxy) is 2. The van der Waals surface area contributed by atoms with Crippen LogP contribution in [0.15, 0.2) is 36.8 Å². The molecule has 5 fully saturated rings. The molecular formula is C40H46F4N8O3. The predicted molar refractivity (Wildman–Crippen MR) is 201 cm³/mol. The molecule has 1 amide bonds. The normalized spacial score (nSPS) is 20.8. The molecule has 5 aliphatic rings. The van der Waals surface area contributed by atoms with Crippen molar-refractivity contribution in [2.75, 3.05) is 89.0 Å². The number of nitrogens with zero attached hydrogens (tertiary/aromatic N) is 7. The van der Waals surface area contributed by atoms with E-state index in [1.165, 1.54) is 4.90 Å². The van der Waals surface area contributed by atoms with Crippen molar-refractivity contribution in [3.05, 3.63) is 47.9 Å². The first-order chi connectivity index (χ1) is 26.3. The first-order valence-electron chi connectivity index (χ1n) is 19.2. The quantitative estimate of drug-likeness (QED) is 0.146. The Balaban J connectivity index is 1.17. The van der Waals surface area contributed by atoms with Gasteiger partial charge in [0.25, 0.3) is 5.91 Å². The fraction of sp³-hybridized carbons (Fsp3) is 0.550. The lowest BCUT2D eigenvalue weighted by molar-refractivity contribution is -0.153. The van der Waals surface area contributed by atoms with E-state index in [0.717, 1.165) is 92.4 Å². The van der Waals surface area contributed by atoms with Gasteiger partial charge in [0.2, 0.25) is 5.95 Å². The molecule has 0 atom stereocenters. The van der Waals surface area contributed by atoms with Gasteiger partial charge in [-0.15, -0.1) is 0 Å². The zero-order valence-corrected chi connectivity index (χ0v) is 31.3. The van der Waals surface area contributed by atoms with Crippen molar-refractivity contribution in [2.24, 2.45) is 10.8 Å². The molecule has 0 bridgehead atoms. The number of aromatic amines is 1. The minimum absolute atomic E-state index is 0.0901. The topological polar surface area (TPSA) is 103 Å². The second kappa shape index (κ2) is 13.3. The molecule has 1 saturated carbocycles. The third kappa shape index (κ3) is 6.56. The first kappa shape index (κ1) is 36.2. The molecule has 0 unspecified atom stereocenters. The zero-order chi connectivity index (χ0) is 38.3. The first-order valence-corrected chi connectivity index (χ1v) is 19.2. The SMILES string of the molecule is C=C(F)C(=O)N1CC2(CCN(c3nc(N4CCC5(CN(CCOC)C5)C4)nc4c(OCC(F)(F)F)c(-c5c(C)ccc6[nH]ncc56)c(C5CC5)cc34)CC2)C1. The summed E-state index contributed by atoms with van der Waals surface area (Å²) < 4.78 is 67.4. The third-order valence-electron chi connectivity index (χ3n) is 12.6. The van der Waals surface area contributed by atoms with E-state index in [1.807, 2.05) is 19.1 Å². The number of rotatable bonds is 10. The van der Waals surface area contributed by atoms with Crippen molar-refractivity contribution in [2.45, 2.75) is 51.1 Å². The number of fused-ring (bicyclic) bond motifs is 2. The van der Waals surface area contributed by atoms with Gasteiger partial charge >= 0.3 is 6.18 Å². The molecule has 11 nitrogen and oxygen atoms in total. The molecule has 4 aromatic rings. The van der Waals surface area contributed by atoms with Crippen LogP contribution in [0.4, 0.5) is 29.3 Å². The van der Waals surface area contributed by atoms with Gasteiger partial charge in [-0.25, -0.2) is 9.37 Å². The summed E-state index contributed by atoms with van der Waals surface area (Å²) in [6.07, 6.45) is 1.45. The minimum atomic E-state index is -4.58. The van der Waals surface area contributed by atoms with Crippen molar-refractivity contribution < 1.29 is 31.8 Å². The van der Waals surface area contributed by atoms with Crippen LogP contribution in [0.1, 0.15) is 49.1 Å². The van der Waals surface area contributed by atoms with E-state index in [0.29, 0.717) is 61.0 Å². The average molecular weight is 763 g/mol. The van der Waals surface area contributed by atoms with E-state index in [9.17, 15) is 22.4 Å². The van der Waals surface area contributed by atoms with Crippen LogP contribution in [-0.4, -0.2) is 121 Å². The van der Waals surface area contributed by atoms with E-state index in [2.05, 4.69) is 37.5 Å². The summed E-state index contributed by atoms with van der Waals surface area (Å²) in [5.41, 5.74) is 4.37. The van der Waals surface area contributed by atoms with Crippen molar-refractivity contribution in [3.63, 3.8) is 0 Å². The molecular weight excluding hydrogens is 716 g/mol. The smallest absolute Gasteiger partial charge is 0.422 e. The Hall–Kier alpha value is -4.50. The lowest BCUT2D eigenvalue weighted by atomic mass is 9.72. The van der Waals surface area contributed by atoms with Crippen molar-refractivity contribution in [1.82, 2.24) is 30.0 Å². The van der Waals surface area contributed by atoms with Gasteiger partial charge in [0.05, 0.1) is 18.3 Å². The molecule has 15 heteroatoms. The van der Waals surface area contributed by atoms with E-state index < -0.39 is 24.5 Å². The van der Waals surface area contributed by atoms with Crippen LogP contribution in [0.5, 0.6) is 5.75 Å². The van der Waals surface area contributed by atoms with Crippen LogP contribution in [0, 0.1) is 17.8 Å². The molecule has 2 aromatic carbocycles. The third-order valence-corrected chi connectivity index (χ3v) is 12.6. The number of carbonyl (C=O) groups is 1. The molecule has 6 heterocycles. The van der Waals surface area contributed by atoms with Gasteiger partial charge in [0.1, 0.15) is 11.3 Å². The van der Waals surface area contributed by atoms with Crippen LogP contribution in [0.25, 0.3) is 32.9 Å². The highest BCUT2D eigenvalue weighted by molar-refractivity contribution is 6.06. The minimum Gasteiger partial charge on any atom is -0.481 e.